The van der Waals surface area contributed by atoms with Crippen molar-refractivity contribution < 1.29 is 23.9 Å². The van der Waals surface area contributed by atoms with E-state index in [1.165, 1.54) is 16.3 Å². The number of likely N-dealkylation sites (N-methyl/N-ethyl adjacent to an activating group) is 1. The molecule has 0 radical (unpaired) electrons. The van der Waals surface area contributed by atoms with Gasteiger partial charge in [-0.15, -0.1) is 11.3 Å². The van der Waals surface area contributed by atoms with Crippen LogP contribution in [0.2, 0.25) is 0 Å². The Labute approximate surface area is 334 Å². The van der Waals surface area contributed by atoms with Crippen LogP contribution < -0.4 is 10.7 Å². The van der Waals surface area contributed by atoms with Crippen LogP contribution in [0.15, 0.2) is 46.9 Å². The van der Waals surface area contributed by atoms with Crippen LogP contribution in [0.4, 0.5) is 4.79 Å². The molecule has 1 aromatic carbocycles. The first-order valence-electron chi connectivity index (χ1n) is 19.7. The second-order valence-electron chi connectivity index (χ2n) is 16.1. The molecule has 0 unspecified atom stereocenters. The van der Waals surface area contributed by atoms with Gasteiger partial charge < -0.3 is 29.2 Å². The van der Waals surface area contributed by atoms with Gasteiger partial charge in [0, 0.05) is 84.8 Å². The lowest BCUT2D eigenvalue weighted by Crippen LogP contribution is -2.63. The highest BCUT2D eigenvalue weighted by Crippen LogP contribution is 2.40. The van der Waals surface area contributed by atoms with E-state index in [0.29, 0.717) is 38.9 Å². The van der Waals surface area contributed by atoms with Crippen molar-refractivity contribution in [2.75, 3.05) is 47.4 Å². The average molecular weight is 787 g/mol. The fourth-order valence-electron chi connectivity index (χ4n) is 8.03. The topological polar surface area (TPSA) is 134 Å². The number of esters is 1. The summed E-state index contributed by atoms with van der Waals surface area (Å²) in [7, 11) is 5.66. The van der Waals surface area contributed by atoms with Gasteiger partial charge in [0.1, 0.15) is 12.1 Å². The first-order chi connectivity index (χ1) is 26.8. The van der Waals surface area contributed by atoms with Crippen molar-refractivity contribution in [1.29, 1.82) is 0 Å². The number of cyclic esters (lactones) is 1. The van der Waals surface area contributed by atoms with Crippen molar-refractivity contribution in [3.05, 3.63) is 58.2 Å². The number of rotatable bonds is 9. The standard InChI is InChI=1S/C42H58N8O5S/c1-10-29(37(43-11-2)26(4)54-9)38-31-22-42(5,6)25-55-40(52)32-14-13-18-50(46-32)39(51)33(45-41(53)49-19-17-28(49)23-47(7)8)21-36-44-34(24-56-36)27-15-16-35(30(31)20-27)48(38)12-3/h10-11,15-16,20,24,26,28,32-33,46H,1,12-14,17-19,21-23,25H2,2-9H3,(H,45,53)/b37-29+,43-11?/t26-,28-,32-,33-/m0/s1. The van der Waals surface area contributed by atoms with Crippen molar-refractivity contribution in [1.82, 2.24) is 35.1 Å². The molecule has 2 N–H and O–H groups in total. The Morgan fingerprint density at radius 1 is 1.27 bits per heavy atom. The van der Waals surface area contributed by atoms with E-state index in [0.717, 1.165) is 62.7 Å². The number of urea groups is 1. The number of amides is 3. The molecule has 2 saturated heterocycles. The normalized spacial score (nSPS) is 22.8. The summed E-state index contributed by atoms with van der Waals surface area (Å²) in [6, 6.07) is 4.62. The van der Waals surface area contributed by atoms with Crippen molar-refractivity contribution in [2.45, 2.75) is 97.5 Å². The molecule has 3 aliphatic heterocycles. The zero-order valence-electron chi connectivity index (χ0n) is 34.2. The summed E-state index contributed by atoms with van der Waals surface area (Å²) in [5, 5.41) is 8.34. The van der Waals surface area contributed by atoms with Crippen LogP contribution in [0, 0.1) is 5.41 Å². The predicted octanol–water partition coefficient (Wildman–Crippen LogP) is 5.69. The van der Waals surface area contributed by atoms with Crippen molar-refractivity contribution in [3.63, 3.8) is 0 Å². The number of hydrazine groups is 1. The van der Waals surface area contributed by atoms with Crippen molar-refractivity contribution >= 4 is 51.9 Å². The number of aliphatic imine (C=N–C) groups is 1. The van der Waals surface area contributed by atoms with E-state index in [2.05, 4.69) is 65.8 Å². The summed E-state index contributed by atoms with van der Waals surface area (Å²) in [6.45, 7) is 17.1. The summed E-state index contributed by atoms with van der Waals surface area (Å²) in [5.74, 6) is -0.716. The second kappa shape index (κ2) is 17.4. The molecule has 0 spiro atoms. The zero-order valence-corrected chi connectivity index (χ0v) is 35.0. The van der Waals surface area contributed by atoms with Crippen LogP contribution in [-0.4, -0.2) is 120 Å². The molecule has 0 aliphatic carbocycles. The summed E-state index contributed by atoms with van der Waals surface area (Å²) >= 11 is 1.47. The Balaban J connectivity index is 1.47. The van der Waals surface area contributed by atoms with E-state index in [1.54, 1.807) is 18.2 Å². The number of aromatic nitrogens is 2. The molecular weight excluding hydrogens is 729 g/mol. The average Bonchev–Trinajstić information content (AvgIpc) is 3.76. The first kappa shape index (κ1) is 41.3. The number of fused-ring (bicyclic) bond motifs is 6. The molecule has 6 bridgehead atoms. The maximum atomic E-state index is 14.3. The van der Waals surface area contributed by atoms with Gasteiger partial charge in [-0.2, -0.15) is 0 Å². The minimum Gasteiger partial charge on any atom is -0.464 e. The quantitative estimate of drug-likeness (QED) is 0.161. The molecule has 56 heavy (non-hydrogen) atoms. The highest BCUT2D eigenvalue weighted by molar-refractivity contribution is 7.10. The van der Waals surface area contributed by atoms with Gasteiger partial charge in [0.25, 0.3) is 5.91 Å². The molecule has 2 fully saturated rings. The van der Waals surface area contributed by atoms with E-state index in [-0.39, 0.29) is 37.1 Å². The SMILES string of the molecule is C=C/C(=C(\N=CC)[C@H](C)OC)c1c2c3cc(ccc3n1CC)-c1csc(n1)C[C@H](NC(=O)N1CC[C@H]1CN(C)C)C(=O)N1CCC[C@H](N1)C(=O)OCC(C)(C)C2. The third kappa shape index (κ3) is 8.63. The number of carbonyl (C=O) groups excluding carboxylic acids is 3. The van der Waals surface area contributed by atoms with Gasteiger partial charge in [-0.3, -0.25) is 19.6 Å². The molecule has 4 atom stereocenters. The fraction of sp³-hybridized carbons (Fsp3) is 0.548. The van der Waals surface area contributed by atoms with Gasteiger partial charge in [-0.1, -0.05) is 32.6 Å². The lowest BCUT2D eigenvalue weighted by Gasteiger charge is -2.43. The minimum atomic E-state index is -0.893. The van der Waals surface area contributed by atoms with E-state index >= 15 is 0 Å². The van der Waals surface area contributed by atoms with E-state index in [9.17, 15) is 14.4 Å². The van der Waals surface area contributed by atoms with E-state index < -0.39 is 23.5 Å². The van der Waals surface area contributed by atoms with Gasteiger partial charge >= 0.3 is 12.0 Å². The zero-order chi connectivity index (χ0) is 40.3. The van der Waals surface area contributed by atoms with Crippen LogP contribution in [0.3, 0.4) is 0 Å². The molecule has 302 valence electrons. The number of hydrogen-bond donors (Lipinski definition) is 2. The third-order valence-corrected chi connectivity index (χ3v) is 11.9. The fourth-order valence-corrected chi connectivity index (χ4v) is 8.88. The molecule has 6 rings (SSSR count). The van der Waals surface area contributed by atoms with Gasteiger partial charge in [0.05, 0.1) is 34.8 Å². The largest absolute Gasteiger partial charge is 0.464 e. The summed E-state index contributed by atoms with van der Waals surface area (Å²) in [5.41, 5.74) is 9.22. The highest BCUT2D eigenvalue weighted by atomic mass is 32.1. The molecule has 5 heterocycles. The number of thiazole rings is 1. The molecule has 3 amide bonds. The maximum Gasteiger partial charge on any atom is 0.324 e. The smallest absolute Gasteiger partial charge is 0.324 e. The second-order valence-corrected chi connectivity index (χ2v) is 17.0. The monoisotopic (exact) mass is 786 g/mol. The Bertz CT molecular complexity index is 2010. The van der Waals surface area contributed by atoms with Gasteiger partial charge in [0.2, 0.25) is 0 Å². The molecule has 2 aromatic heterocycles. The number of nitrogens with one attached hydrogen (secondary N) is 2. The third-order valence-electron chi connectivity index (χ3n) is 11.0. The lowest BCUT2D eigenvalue weighted by atomic mass is 9.84. The van der Waals surface area contributed by atoms with Crippen molar-refractivity contribution in [2.24, 2.45) is 10.4 Å². The molecule has 14 heteroatoms. The molecule has 3 aliphatic rings. The number of carbonyl (C=O) groups is 3. The number of likely N-dealkylation sites (tertiary alicyclic amines) is 1. The van der Waals surface area contributed by atoms with Crippen LogP contribution in [-0.2, 0) is 38.4 Å². The van der Waals surface area contributed by atoms with Gasteiger partial charge in [-0.05, 0) is 78.2 Å². The number of allylic oxidation sites excluding steroid dienone is 2. The first-order valence-corrected chi connectivity index (χ1v) is 20.6. The van der Waals surface area contributed by atoms with E-state index in [4.69, 9.17) is 19.5 Å². The van der Waals surface area contributed by atoms with E-state index in [1.807, 2.05) is 39.4 Å². The Kier molecular flexibility index (Phi) is 12.8. The molecule has 0 saturated carbocycles. The predicted molar refractivity (Wildman–Crippen MR) is 222 cm³/mol. The van der Waals surface area contributed by atoms with Gasteiger partial charge in [0.15, 0.2) is 0 Å². The molecule has 13 nitrogen and oxygen atoms in total. The van der Waals surface area contributed by atoms with Crippen LogP contribution in [0.5, 0.6) is 0 Å². The maximum absolute atomic E-state index is 14.3. The van der Waals surface area contributed by atoms with Gasteiger partial charge in [-0.25, -0.2) is 15.2 Å². The van der Waals surface area contributed by atoms with Crippen molar-refractivity contribution in [3.8, 4) is 11.3 Å². The lowest BCUT2D eigenvalue weighted by molar-refractivity contribution is -0.155. The Morgan fingerprint density at radius 3 is 2.71 bits per heavy atom. The molecular formula is C42H58N8O5S. The van der Waals surface area contributed by atoms with Crippen LogP contribution >= 0.6 is 11.3 Å². The molecule has 3 aromatic rings. The van der Waals surface area contributed by atoms with Crippen LogP contribution in [0.1, 0.15) is 70.1 Å². The number of hydrogen-bond acceptors (Lipinski definition) is 10. The summed E-state index contributed by atoms with van der Waals surface area (Å²) < 4.78 is 14.2. The number of methoxy groups -OCH3 is 1. The Hall–Kier alpha value is -4.37. The number of benzene rings is 1. The Morgan fingerprint density at radius 2 is 2.05 bits per heavy atom. The highest BCUT2D eigenvalue weighted by Gasteiger charge is 2.38. The number of aryl methyl sites for hydroxylation is 1. The summed E-state index contributed by atoms with van der Waals surface area (Å²) in [6.07, 6.45) is 6.19. The minimum absolute atomic E-state index is 0.0811. The summed E-state index contributed by atoms with van der Waals surface area (Å²) in [4.78, 5) is 55.3. The number of nitrogens with zero attached hydrogens (tertiary/aromatic N) is 6. The van der Waals surface area contributed by atoms with Crippen LogP contribution in [0.25, 0.3) is 27.7 Å². The number of ether oxygens (including phenoxy) is 2.